The van der Waals surface area contributed by atoms with Crippen molar-refractivity contribution < 1.29 is 18.9 Å². The summed E-state index contributed by atoms with van der Waals surface area (Å²) in [6.07, 6.45) is 3.41. The Kier molecular flexibility index (Phi) is 6.25. The van der Waals surface area contributed by atoms with Crippen LogP contribution in [0.3, 0.4) is 0 Å². The average molecular weight is 488 g/mol. The minimum absolute atomic E-state index is 0.0317. The van der Waals surface area contributed by atoms with Gasteiger partial charge in [-0.25, -0.2) is 4.68 Å². The van der Waals surface area contributed by atoms with E-state index in [1.807, 2.05) is 13.0 Å². The first-order valence-electron chi connectivity index (χ1n) is 10.1. The average Bonchev–Trinajstić information content (AvgIpc) is 3.20. The van der Waals surface area contributed by atoms with Crippen LogP contribution in [0.4, 0.5) is 0 Å². The fraction of sp³-hybridized carbons (Fsp3) is 0.217. The number of amides is 2. The number of nitrogens with zero attached hydrogens (tertiary/aromatic N) is 3. The van der Waals surface area contributed by atoms with Crippen molar-refractivity contribution >= 4 is 46.3 Å². The molecule has 1 aliphatic heterocycles. The number of pyridine rings is 1. The first-order chi connectivity index (χ1) is 15.7. The molecule has 0 saturated carbocycles. The van der Waals surface area contributed by atoms with Crippen molar-refractivity contribution in [3.8, 4) is 5.69 Å². The molecular weight excluding hydrogens is 467 g/mol. The highest BCUT2D eigenvalue weighted by molar-refractivity contribution is 6.44. The van der Waals surface area contributed by atoms with Crippen molar-refractivity contribution in [3.63, 3.8) is 0 Å². The van der Waals surface area contributed by atoms with Gasteiger partial charge in [0.1, 0.15) is 5.57 Å². The SMILES string of the molecule is COCCN1C(=O)C(c2c(C)[nH]n(-c3ccc(Cl)c(Cl)c3)c2=O)=C([n+]2cccc(C)c2)C1=O. The molecule has 0 spiro atoms. The van der Waals surface area contributed by atoms with Gasteiger partial charge in [-0.2, -0.15) is 4.57 Å². The van der Waals surface area contributed by atoms with E-state index < -0.39 is 17.4 Å². The summed E-state index contributed by atoms with van der Waals surface area (Å²) in [6, 6.07) is 8.40. The number of imide groups is 1. The number of carbonyl (C=O) groups is 2. The number of carbonyl (C=O) groups excluding carboxylic acids is 2. The summed E-state index contributed by atoms with van der Waals surface area (Å²) in [7, 11) is 1.49. The number of H-pyrrole nitrogens is 1. The van der Waals surface area contributed by atoms with E-state index in [-0.39, 0.29) is 35.0 Å². The maximum absolute atomic E-state index is 13.5. The largest absolute Gasteiger partial charge is 0.383 e. The summed E-state index contributed by atoms with van der Waals surface area (Å²) in [5.74, 6) is -1.05. The molecule has 1 N–H and O–H groups in total. The van der Waals surface area contributed by atoms with Gasteiger partial charge in [0.25, 0.3) is 17.2 Å². The van der Waals surface area contributed by atoms with Crippen LogP contribution in [-0.4, -0.2) is 46.8 Å². The van der Waals surface area contributed by atoms with Crippen LogP contribution in [0.5, 0.6) is 0 Å². The molecule has 1 aromatic carbocycles. The van der Waals surface area contributed by atoms with Crippen molar-refractivity contribution in [2.75, 3.05) is 20.3 Å². The summed E-state index contributed by atoms with van der Waals surface area (Å²) in [5.41, 5.74) is 1.54. The van der Waals surface area contributed by atoms with Gasteiger partial charge in [0, 0.05) is 24.4 Å². The Morgan fingerprint density at radius 1 is 1.06 bits per heavy atom. The monoisotopic (exact) mass is 487 g/mol. The van der Waals surface area contributed by atoms with E-state index in [0.29, 0.717) is 16.4 Å². The van der Waals surface area contributed by atoms with Gasteiger partial charge >= 0.3 is 5.91 Å². The molecule has 0 unspecified atom stereocenters. The van der Waals surface area contributed by atoms with Crippen LogP contribution < -0.4 is 10.1 Å². The van der Waals surface area contributed by atoms with Gasteiger partial charge in [-0.3, -0.25) is 24.4 Å². The predicted molar refractivity (Wildman–Crippen MR) is 124 cm³/mol. The number of rotatable bonds is 6. The summed E-state index contributed by atoms with van der Waals surface area (Å²) in [4.78, 5) is 41.3. The lowest BCUT2D eigenvalue weighted by atomic mass is 10.1. The van der Waals surface area contributed by atoms with Crippen LogP contribution in [0, 0.1) is 13.8 Å². The molecule has 2 aromatic heterocycles. The van der Waals surface area contributed by atoms with Gasteiger partial charge in [-0.15, -0.1) is 0 Å². The summed E-state index contributed by atoms with van der Waals surface area (Å²) in [5, 5.41) is 3.61. The Labute approximate surface area is 199 Å². The highest BCUT2D eigenvalue weighted by atomic mass is 35.5. The number of aromatic nitrogens is 3. The second kappa shape index (κ2) is 8.97. The summed E-state index contributed by atoms with van der Waals surface area (Å²) >= 11 is 12.1. The van der Waals surface area contributed by atoms with Gasteiger partial charge in [0.2, 0.25) is 0 Å². The summed E-state index contributed by atoms with van der Waals surface area (Å²) < 4.78 is 7.91. The second-order valence-electron chi connectivity index (χ2n) is 7.62. The van der Waals surface area contributed by atoms with Gasteiger partial charge < -0.3 is 4.74 Å². The van der Waals surface area contributed by atoms with Crippen molar-refractivity contribution in [1.82, 2.24) is 14.7 Å². The third kappa shape index (κ3) is 4.01. The number of benzene rings is 1. The molecular formula is C23H21Cl2N4O4+. The Hall–Kier alpha value is -3.20. The number of methoxy groups -OCH3 is 1. The smallest absolute Gasteiger partial charge is 0.326 e. The number of nitrogens with one attached hydrogen (secondary N) is 1. The standard InChI is InChI=1S/C23H20Cl2N4O4/c1-13-5-4-8-27(12-13)20-19(21(30)28(23(20)32)9-10-33-3)18-14(2)26-29(22(18)31)15-6-7-16(24)17(25)11-15/h4-8,11-12H,9-10H2,1-3H3/p+1. The quantitative estimate of drug-likeness (QED) is 0.427. The Morgan fingerprint density at radius 2 is 1.82 bits per heavy atom. The lowest BCUT2D eigenvalue weighted by Gasteiger charge is -2.12. The van der Waals surface area contributed by atoms with Crippen LogP contribution in [0.2, 0.25) is 10.0 Å². The maximum atomic E-state index is 13.5. The van der Waals surface area contributed by atoms with E-state index in [4.69, 9.17) is 27.9 Å². The number of aryl methyl sites for hydroxylation is 2. The van der Waals surface area contributed by atoms with Crippen LogP contribution in [0.25, 0.3) is 17.0 Å². The molecule has 33 heavy (non-hydrogen) atoms. The third-order valence-corrected chi connectivity index (χ3v) is 6.09. The Bertz CT molecular complexity index is 1370. The van der Waals surface area contributed by atoms with Crippen molar-refractivity contribution in [2.24, 2.45) is 0 Å². The first-order valence-corrected chi connectivity index (χ1v) is 10.8. The molecule has 1 aliphatic rings. The zero-order valence-corrected chi connectivity index (χ0v) is 19.7. The zero-order valence-electron chi connectivity index (χ0n) is 18.2. The molecule has 3 aromatic rings. The molecule has 8 nitrogen and oxygen atoms in total. The van der Waals surface area contributed by atoms with Gasteiger partial charge in [0.15, 0.2) is 12.4 Å². The molecule has 0 fully saturated rings. The zero-order chi connectivity index (χ0) is 23.9. The number of ether oxygens (including phenoxy) is 1. The first kappa shape index (κ1) is 23.0. The van der Waals surface area contributed by atoms with Crippen LogP contribution in [-0.2, 0) is 14.3 Å². The molecule has 4 rings (SSSR count). The maximum Gasteiger partial charge on any atom is 0.326 e. The number of hydrogen-bond donors (Lipinski definition) is 1. The van der Waals surface area contributed by atoms with E-state index in [2.05, 4.69) is 5.10 Å². The molecule has 2 amide bonds. The van der Waals surface area contributed by atoms with E-state index >= 15 is 0 Å². The highest BCUT2D eigenvalue weighted by Crippen LogP contribution is 2.30. The molecule has 10 heteroatoms. The number of halogens is 2. The van der Waals surface area contributed by atoms with E-state index in [1.165, 1.54) is 11.8 Å². The van der Waals surface area contributed by atoms with E-state index in [1.54, 1.807) is 48.1 Å². The van der Waals surface area contributed by atoms with E-state index in [0.717, 1.165) is 10.5 Å². The van der Waals surface area contributed by atoms with Crippen molar-refractivity contribution in [1.29, 1.82) is 0 Å². The molecule has 0 aliphatic carbocycles. The molecule has 0 saturated heterocycles. The molecule has 3 heterocycles. The molecule has 170 valence electrons. The number of hydrogen-bond acceptors (Lipinski definition) is 4. The third-order valence-electron chi connectivity index (χ3n) is 5.35. The van der Waals surface area contributed by atoms with Crippen molar-refractivity contribution in [2.45, 2.75) is 13.8 Å². The minimum Gasteiger partial charge on any atom is -0.383 e. The molecule has 0 radical (unpaired) electrons. The van der Waals surface area contributed by atoms with Crippen LogP contribution in [0.1, 0.15) is 16.8 Å². The fourth-order valence-electron chi connectivity index (χ4n) is 3.79. The van der Waals surface area contributed by atoms with Crippen LogP contribution >= 0.6 is 23.2 Å². The minimum atomic E-state index is -0.554. The van der Waals surface area contributed by atoms with Crippen molar-refractivity contribution in [3.05, 3.63) is 79.9 Å². The second-order valence-corrected chi connectivity index (χ2v) is 8.43. The molecule has 0 atom stereocenters. The molecule has 0 bridgehead atoms. The van der Waals surface area contributed by atoms with Gasteiger partial charge in [-0.05, 0) is 38.1 Å². The highest BCUT2D eigenvalue weighted by Gasteiger charge is 2.47. The lowest BCUT2D eigenvalue weighted by molar-refractivity contribution is -0.577. The Morgan fingerprint density at radius 3 is 2.48 bits per heavy atom. The van der Waals surface area contributed by atoms with Gasteiger partial charge in [-0.1, -0.05) is 23.2 Å². The Balaban J connectivity index is 1.95. The number of aromatic amines is 1. The normalized spacial score (nSPS) is 14.0. The fourth-order valence-corrected chi connectivity index (χ4v) is 4.09. The van der Waals surface area contributed by atoms with Crippen LogP contribution in [0.15, 0.2) is 47.5 Å². The summed E-state index contributed by atoms with van der Waals surface area (Å²) in [6.45, 7) is 3.79. The van der Waals surface area contributed by atoms with Gasteiger partial charge in [0.05, 0.1) is 34.4 Å². The van der Waals surface area contributed by atoms with E-state index in [9.17, 15) is 14.4 Å². The predicted octanol–water partition coefficient (Wildman–Crippen LogP) is 2.76. The topological polar surface area (TPSA) is 88.3 Å². The lowest BCUT2D eigenvalue weighted by Crippen LogP contribution is -2.40.